The molecule has 5 heteroatoms. The number of rotatable bonds is 5. The van der Waals surface area contributed by atoms with Crippen LogP contribution in [0.4, 0.5) is 0 Å². The van der Waals surface area contributed by atoms with Gasteiger partial charge in [-0.2, -0.15) is 0 Å². The first-order chi connectivity index (χ1) is 8.40. The molecule has 0 saturated carbocycles. The normalized spacial score (nSPS) is 12.3. The summed E-state index contributed by atoms with van der Waals surface area (Å²) in [6.45, 7) is 3.26. The number of carboxylic acid groups (broad SMARTS) is 2. The predicted molar refractivity (Wildman–Crippen MR) is 65.6 cm³/mol. The second-order valence-electron chi connectivity index (χ2n) is 3.81. The van der Waals surface area contributed by atoms with Crippen LogP contribution in [0.15, 0.2) is 24.3 Å². The van der Waals surface area contributed by atoms with Gasteiger partial charge < -0.3 is 14.9 Å². The lowest BCUT2D eigenvalue weighted by Gasteiger charge is -2.13. The van der Waals surface area contributed by atoms with Crippen LogP contribution in [0.5, 0.6) is 5.75 Å². The number of carbonyl (C=O) groups is 2. The maximum atomic E-state index is 10.7. The van der Waals surface area contributed by atoms with Gasteiger partial charge in [-0.25, -0.2) is 9.59 Å². The Balaban J connectivity index is 3.03. The van der Waals surface area contributed by atoms with Crippen molar-refractivity contribution in [3.8, 4) is 5.75 Å². The van der Waals surface area contributed by atoms with E-state index >= 15 is 0 Å². The maximum Gasteiger partial charge on any atom is 0.344 e. The molecule has 1 unspecified atom stereocenters. The molecule has 0 aliphatic heterocycles. The van der Waals surface area contributed by atoms with Crippen LogP contribution >= 0.6 is 0 Å². The molecule has 0 spiro atoms. The highest BCUT2D eigenvalue weighted by atomic mass is 16.5. The van der Waals surface area contributed by atoms with Gasteiger partial charge in [0.25, 0.3) is 0 Å². The van der Waals surface area contributed by atoms with Crippen molar-refractivity contribution < 1.29 is 24.5 Å². The van der Waals surface area contributed by atoms with E-state index in [2.05, 4.69) is 0 Å². The molecule has 2 N–H and O–H groups in total. The lowest BCUT2D eigenvalue weighted by molar-refractivity contribution is -0.144. The number of hydrogen-bond donors (Lipinski definition) is 2. The van der Waals surface area contributed by atoms with Crippen molar-refractivity contribution in [1.29, 1.82) is 0 Å². The molecule has 0 fully saturated rings. The lowest BCUT2D eigenvalue weighted by atomic mass is 10.1. The fourth-order valence-electron chi connectivity index (χ4n) is 1.31. The van der Waals surface area contributed by atoms with E-state index in [9.17, 15) is 9.59 Å². The molecule has 0 amide bonds. The summed E-state index contributed by atoms with van der Waals surface area (Å²) in [5.41, 5.74) is 1.46. The van der Waals surface area contributed by atoms with Crippen molar-refractivity contribution >= 4 is 18.0 Å². The number of hydrogen-bond acceptors (Lipinski definition) is 3. The maximum absolute atomic E-state index is 10.7. The Morgan fingerprint density at radius 2 is 2.00 bits per heavy atom. The van der Waals surface area contributed by atoms with Crippen LogP contribution < -0.4 is 4.74 Å². The summed E-state index contributed by atoms with van der Waals surface area (Å²) < 4.78 is 5.25. The summed E-state index contributed by atoms with van der Waals surface area (Å²) >= 11 is 0. The third-order valence-electron chi connectivity index (χ3n) is 2.22. The topological polar surface area (TPSA) is 83.8 Å². The van der Waals surface area contributed by atoms with Crippen LogP contribution in [0.25, 0.3) is 6.08 Å². The van der Waals surface area contributed by atoms with Crippen molar-refractivity contribution in [3.05, 3.63) is 35.4 Å². The van der Waals surface area contributed by atoms with E-state index in [1.807, 2.05) is 6.92 Å². The van der Waals surface area contributed by atoms with Crippen molar-refractivity contribution in [3.63, 3.8) is 0 Å². The van der Waals surface area contributed by atoms with Gasteiger partial charge in [0.15, 0.2) is 6.10 Å². The van der Waals surface area contributed by atoms with Crippen molar-refractivity contribution in [2.24, 2.45) is 0 Å². The third-order valence-corrected chi connectivity index (χ3v) is 2.22. The first-order valence-corrected chi connectivity index (χ1v) is 5.31. The quantitative estimate of drug-likeness (QED) is 0.780. The van der Waals surface area contributed by atoms with Gasteiger partial charge >= 0.3 is 11.9 Å². The molecule has 0 heterocycles. The Hall–Kier alpha value is -2.30. The SMILES string of the molecule is Cc1ccc(OC(C)C(=O)O)c(C=CC(=O)O)c1. The number of aryl methyl sites for hydroxylation is 1. The highest BCUT2D eigenvalue weighted by Crippen LogP contribution is 2.22. The van der Waals surface area contributed by atoms with Gasteiger partial charge in [0.1, 0.15) is 5.75 Å². The molecule has 1 aromatic carbocycles. The minimum Gasteiger partial charge on any atom is -0.479 e. The average molecular weight is 250 g/mol. The van der Waals surface area contributed by atoms with Crippen LogP contribution in [0.3, 0.4) is 0 Å². The zero-order chi connectivity index (χ0) is 13.7. The highest BCUT2D eigenvalue weighted by molar-refractivity contribution is 5.86. The number of aliphatic carboxylic acids is 2. The van der Waals surface area contributed by atoms with Gasteiger partial charge in [0.05, 0.1) is 0 Å². The Labute approximate surface area is 104 Å². The molecular formula is C13H14O5. The Morgan fingerprint density at radius 3 is 2.56 bits per heavy atom. The van der Waals surface area contributed by atoms with Crippen LogP contribution in [-0.2, 0) is 9.59 Å². The Kier molecular flexibility index (Phi) is 4.48. The molecule has 0 saturated heterocycles. The Morgan fingerprint density at radius 1 is 1.33 bits per heavy atom. The summed E-state index contributed by atoms with van der Waals surface area (Å²) in [5.74, 6) is -1.81. The van der Waals surface area contributed by atoms with Crippen LogP contribution in [0.2, 0.25) is 0 Å². The highest BCUT2D eigenvalue weighted by Gasteiger charge is 2.14. The average Bonchev–Trinajstić information content (AvgIpc) is 2.29. The molecule has 0 radical (unpaired) electrons. The summed E-state index contributed by atoms with van der Waals surface area (Å²) in [6.07, 6.45) is 1.36. The Bertz CT molecular complexity index is 490. The molecular weight excluding hydrogens is 236 g/mol. The predicted octanol–water partition coefficient (Wildman–Crippen LogP) is 1.94. The van der Waals surface area contributed by atoms with Gasteiger partial charge in [-0.15, -0.1) is 0 Å². The summed E-state index contributed by atoms with van der Waals surface area (Å²) in [4.78, 5) is 21.2. The standard InChI is InChI=1S/C13H14O5/c1-8-3-5-11(18-9(2)13(16)17)10(7-8)4-6-12(14)15/h3-7,9H,1-2H3,(H,14,15)(H,16,17). The van der Waals surface area contributed by atoms with Gasteiger partial charge in [-0.3, -0.25) is 0 Å². The zero-order valence-corrected chi connectivity index (χ0v) is 10.1. The van der Waals surface area contributed by atoms with E-state index in [1.165, 1.54) is 13.0 Å². The van der Waals surface area contributed by atoms with E-state index in [1.54, 1.807) is 18.2 Å². The first-order valence-electron chi connectivity index (χ1n) is 5.31. The third kappa shape index (κ3) is 3.93. The molecule has 18 heavy (non-hydrogen) atoms. The smallest absolute Gasteiger partial charge is 0.344 e. The number of ether oxygens (including phenoxy) is 1. The molecule has 1 atom stereocenters. The lowest BCUT2D eigenvalue weighted by Crippen LogP contribution is -2.23. The van der Waals surface area contributed by atoms with Crippen molar-refractivity contribution in [1.82, 2.24) is 0 Å². The fraction of sp³-hybridized carbons (Fsp3) is 0.231. The zero-order valence-electron chi connectivity index (χ0n) is 10.1. The molecule has 96 valence electrons. The molecule has 0 bridgehead atoms. The van der Waals surface area contributed by atoms with Crippen LogP contribution in [0.1, 0.15) is 18.1 Å². The fourth-order valence-corrected chi connectivity index (χ4v) is 1.31. The van der Waals surface area contributed by atoms with E-state index in [4.69, 9.17) is 14.9 Å². The minimum absolute atomic E-state index is 0.341. The van der Waals surface area contributed by atoms with Crippen molar-refractivity contribution in [2.75, 3.05) is 0 Å². The van der Waals surface area contributed by atoms with Gasteiger partial charge in [0.2, 0.25) is 0 Å². The van der Waals surface area contributed by atoms with Gasteiger partial charge in [-0.1, -0.05) is 11.6 Å². The number of carboxylic acids is 2. The second kappa shape index (κ2) is 5.86. The molecule has 0 aliphatic carbocycles. The van der Waals surface area contributed by atoms with E-state index in [0.717, 1.165) is 11.6 Å². The van der Waals surface area contributed by atoms with Crippen LogP contribution in [-0.4, -0.2) is 28.3 Å². The second-order valence-corrected chi connectivity index (χ2v) is 3.81. The van der Waals surface area contributed by atoms with Gasteiger partial charge in [0, 0.05) is 11.6 Å². The van der Waals surface area contributed by atoms with Crippen LogP contribution in [0, 0.1) is 6.92 Å². The van der Waals surface area contributed by atoms with Gasteiger partial charge in [-0.05, 0) is 32.1 Å². The first kappa shape index (κ1) is 13.8. The molecule has 0 aliphatic rings. The molecule has 5 nitrogen and oxygen atoms in total. The summed E-state index contributed by atoms with van der Waals surface area (Å²) in [5, 5.41) is 17.4. The largest absolute Gasteiger partial charge is 0.479 e. The summed E-state index contributed by atoms with van der Waals surface area (Å²) in [7, 11) is 0. The van der Waals surface area contributed by atoms with E-state index < -0.39 is 18.0 Å². The number of benzene rings is 1. The monoisotopic (exact) mass is 250 g/mol. The molecule has 0 aromatic heterocycles. The van der Waals surface area contributed by atoms with E-state index in [0.29, 0.717) is 11.3 Å². The van der Waals surface area contributed by atoms with E-state index in [-0.39, 0.29) is 0 Å². The molecule has 1 rings (SSSR count). The molecule has 1 aromatic rings. The minimum atomic E-state index is -1.08. The summed E-state index contributed by atoms with van der Waals surface area (Å²) in [6, 6.07) is 5.11. The van der Waals surface area contributed by atoms with Crippen molar-refractivity contribution in [2.45, 2.75) is 20.0 Å².